The second kappa shape index (κ2) is 6.29. The number of hydrogen-bond donors (Lipinski definition) is 1. The van der Waals surface area contributed by atoms with Crippen LogP contribution < -0.4 is 4.72 Å². The van der Waals surface area contributed by atoms with Crippen molar-refractivity contribution in [3.8, 4) is 0 Å². The van der Waals surface area contributed by atoms with Gasteiger partial charge < -0.3 is 4.90 Å². The summed E-state index contributed by atoms with van der Waals surface area (Å²) >= 11 is 5.88. The highest BCUT2D eigenvalue weighted by atomic mass is 35.5. The first kappa shape index (κ1) is 16.2. The van der Waals surface area contributed by atoms with Gasteiger partial charge in [-0.1, -0.05) is 17.7 Å². The summed E-state index contributed by atoms with van der Waals surface area (Å²) in [4.78, 5) is 13.8. The Morgan fingerprint density at radius 1 is 1.38 bits per heavy atom. The number of benzene rings is 1. The molecule has 1 aliphatic heterocycles. The normalized spacial score (nSPS) is 17.0. The van der Waals surface area contributed by atoms with E-state index in [2.05, 4.69) is 4.72 Å². The molecule has 0 aliphatic carbocycles. The van der Waals surface area contributed by atoms with Gasteiger partial charge in [0.25, 0.3) is 5.91 Å². The summed E-state index contributed by atoms with van der Waals surface area (Å²) in [6, 6.07) is 3.91. The molecule has 1 aromatic rings. The summed E-state index contributed by atoms with van der Waals surface area (Å²) in [5.41, 5.74) is -0.131. The van der Waals surface area contributed by atoms with Gasteiger partial charge in [-0.15, -0.1) is 0 Å². The van der Waals surface area contributed by atoms with E-state index in [0.717, 1.165) is 6.26 Å². The zero-order valence-corrected chi connectivity index (χ0v) is 13.0. The number of sulfonamides is 1. The van der Waals surface area contributed by atoms with Crippen molar-refractivity contribution >= 4 is 27.5 Å². The van der Waals surface area contributed by atoms with Crippen molar-refractivity contribution in [1.82, 2.24) is 9.62 Å². The lowest BCUT2D eigenvalue weighted by atomic mass is 10.0. The number of nitrogens with zero attached hydrogens (tertiary/aromatic N) is 1. The molecule has 0 spiro atoms. The maximum Gasteiger partial charge on any atom is 0.258 e. The molecule has 8 heteroatoms. The van der Waals surface area contributed by atoms with E-state index in [0.29, 0.717) is 25.9 Å². The van der Waals surface area contributed by atoms with E-state index in [1.807, 2.05) is 0 Å². The van der Waals surface area contributed by atoms with E-state index < -0.39 is 21.7 Å². The van der Waals surface area contributed by atoms with Crippen molar-refractivity contribution in [1.29, 1.82) is 0 Å². The Morgan fingerprint density at radius 3 is 2.52 bits per heavy atom. The minimum absolute atomic E-state index is 0.0800. The molecule has 0 unspecified atom stereocenters. The van der Waals surface area contributed by atoms with Crippen molar-refractivity contribution in [2.75, 3.05) is 19.3 Å². The zero-order valence-electron chi connectivity index (χ0n) is 11.5. The molecule has 2 rings (SSSR count). The molecule has 1 heterocycles. The number of rotatable bonds is 3. The second-order valence-electron chi connectivity index (χ2n) is 5.05. The van der Waals surface area contributed by atoms with Gasteiger partial charge in [0, 0.05) is 19.1 Å². The Morgan fingerprint density at radius 2 is 2.00 bits per heavy atom. The van der Waals surface area contributed by atoms with Crippen LogP contribution in [0.5, 0.6) is 0 Å². The molecule has 0 radical (unpaired) electrons. The van der Waals surface area contributed by atoms with Crippen molar-refractivity contribution in [2.24, 2.45) is 0 Å². The Balaban J connectivity index is 2.04. The van der Waals surface area contributed by atoms with Crippen LogP contribution in [0.4, 0.5) is 4.39 Å². The minimum atomic E-state index is -3.26. The van der Waals surface area contributed by atoms with E-state index in [1.165, 1.54) is 23.1 Å². The fourth-order valence-electron chi connectivity index (χ4n) is 2.36. The van der Waals surface area contributed by atoms with Crippen molar-refractivity contribution in [3.63, 3.8) is 0 Å². The van der Waals surface area contributed by atoms with E-state index in [9.17, 15) is 17.6 Å². The molecule has 0 atom stereocenters. The fraction of sp³-hybridized carbons (Fsp3) is 0.462. The predicted octanol–water partition coefficient (Wildman–Crippen LogP) is 1.63. The molecule has 5 nitrogen and oxygen atoms in total. The Hall–Kier alpha value is -1.18. The van der Waals surface area contributed by atoms with E-state index >= 15 is 0 Å². The SMILES string of the molecule is CS(=O)(=O)NC1CCN(C(=O)c2c(F)cccc2Cl)CC1. The van der Waals surface area contributed by atoms with Crippen LogP contribution >= 0.6 is 11.6 Å². The second-order valence-corrected chi connectivity index (χ2v) is 7.24. The highest BCUT2D eigenvalue weighted by molar-refractivity contribution is 7.88. The number of amides is 1. The number of halogens is 2. The van der Waals surface area contributed by atoms with Gasteiger partial charge in [-0.25, -0.2) is 17.5 Å². The van der Waals surface area contributed by atoms with Crippen LogP contribution in [0.1, 0.15) is 23.2 Å². The summed E-state index contributed by atoms with van der Waals surface area (Å²) in [7, 11) is -3.26. The largest absolute Gasteiger partial charge is 0.338 e. The molecule has 1 aliphatic rings. The van der Waals surface area contributed by atoms with Crippen LogP contribution in [0.2, 0.25) is 5.02 Å². The van der Waals surface area contributed by atoms with Gasteiger partial charge in [0.05, 0.1) is 16.8 Å². The Kier molecular flexibility index (Phi) is 4.85. The Labute approximate surface area is 128 Å². The number of likely N-dealkylation sites (tertiary alicyclic amines) is 1. The van der Waals surface area contributed by atoms with Gasteiger partial charge >= 0.3 is 0 Å². The maximum atomic E-state index is 13.7. The average molecular weight is 335 g/mol. The van der Waals surface area contributed by atoms with Crippen LogP contribution in [0, 0.1) is 5.82 Å². The van der Waals surface area contributed by atoms with Crippen LogP contribution in [0.25, 0.3) is 0 Å². The highest BCUT2D eigenvalue weighted by Crippen LogP contribution is 2.22. The monoisotopic (exact) mass is 334 g/mol. The lowest BCUT2D eigenvalue weighted by Gasteiger charge is -2.32. The molecule has 1 fully saturated rings. The summed E-state index contributed by atoms with van der Waals surface area (Å²) in [5, 5.41) is 0.0800. The van der Waals surface area contributed by atoms with Crippen LogP contribution in [-0.4, -0.2) is 44.6 Å². The summed E-state index contributed by atoms with van der Waals surface area (Å²) in [6.07, 6.45) is 2.08. The van der Waals surface area contributed by atoms with Gasteiger partial charge in [-0.05, 0) is 25.0 Å². The summed E-state index contributed by atoms with van der Waals surface area (Å²) in [6.45, 7) is 0.716. The van der Waals surface area contributed by atoms with Crippen molar-refractivity contribution in [2.45, 2.75) is 18.9 Å². The fourth-order valence-corrected chi connectivity index (χ4v) is 3.45. The molecule has 1 saturated heterocycles. The van der Waals surface area contributed by atoms with Crippen LogP contribution in [0.15, 0.2) is 18.2 Å². The average Bonchev–Trinajstić information content (AvgIpc) is 2.37. The topological polar surface area (TPSA) is 66.5 Å². The molecular formula is C13H16ClFN2O3S. The van der Waals surface area contributed by atoms with Crippen molar-refractivity contribution < 1.29 is 17.6 Å². The first-order chi connectivity index (χ1) is 9.78. The molecule has 1 N–H and O–H groups in total. The van der Waals surface area contributed by atoms with Gasteiger partial charge in [0.15, 0.2) is 0 Å². The molecular weight excluding hydrogens is 319 g/mol. The van der Waals surface area contributed by atoms with Crippen LogP contribution in [-0.2, 0) is 10.0 Å². The molecule has 1 amide bonds. The minimum Gasteiger partial charge on any atom is -0.338 e. The number of carbonyl (C=O) groups is 1. The van der Waals surface area contributed by atoms with Gasteiger partial charge in [-0.2, -0.15) is 0 Å². The number of nitrogens with one attached hydrogen (secondary N) is 1. The molecule has 0 bridgehead atoms. The number of hydrogen-bond acceptors (Lipinski definition) is 3. The van der Waals surface area contributed by atoms with E-state index in [4.69, 9.17) is 11.6 Å². The zero-order chi connectivity index (χ0) is 15.6. The van der Waals surface area contributed by atoms with Crippen molar-refractivity contribution in [3.05, 3.63) is 34.6 Å². The van der Waals surface area contributed by atoms with Gasteiger partial charge in [0.1, 0.15) is 5.82 Å². The molecule has 21 heavy (non-hydrogen) atoms. The highest BCUT2D eigenvalue weighted by Gasteiger charge is 2.27. The summed E-state index contributed by atoms with van der Waals surface area (Å²) < 4.78 is 38.6. The lowest BCUT2D eigenvalue weighted by molar-refractivity contribution is 0.0707. The smallest absolute Gasteiger partial charge is 0.258 e. The van der Waals surface area contributed by atoms with Gasteiger partial charge in [-0.3, -0.25) is 4.79 Å². The summed E-state index contributed by atoms with van der Waals surface area (Å²) in [5.74, 6) is -1.11. The lowest BCUT2D eigenvalue weighted by Crippen LogP contribution is -2.46. The Bertz CT molecular complexity index is 623. The van der Waals surface area contributed by atoms with Gasteiger partial charge in [0.2, 0.25) is 10.0 Å². The third-order valence-electron chi connectivity index (χ3n) is 3.34. The molecule has 0 saturated carbocycles. The standard InChI is InChI=1S/C13H16ClFN2O3S/c1-21(19,20)16-9-5-7-17(8-6-9)13(18)12-10(14)3-2-4-11(12)15/h2-4,9,16H,5-8H2,1H3. The third kappa shape index (κ3) is 4.15. The molecule has 116 valence electrons. The van der Waals surface area contributed by atoms with E-state index in [-0.39, 0.29) is 16.6 Å². The molecule has 1 aromatic carbocycles. The van der Waals surface area contributed by atoms with Crippen LogP contribution in [0.3, 0.4) is 0 Å². The van der Waals surface area contributed by atoms with E-state index in [1.54, 1.807) is 0 Å². The maximum absolute atomic E-state index is 13.7. The third-order valence-corrected chi connectivity index (χ3v) is 4.42. The predicted molar refractivity (Wildman–Crippen MR) is 78.3 cm³/mol. The first-order valence-corrected chi connectivity index (χ1v) is 8.75. The number of piperidine rings is 1. The number of carbonyl (C=O) groups excluding carboxylic acids is 1. The first-order valence-electron chi connectivity index (χ1n) is 6.48. The molecule has 0 aromatic heterocycles. The quantitative estimate of drug-likeness (QED) is 0.913.